The zero-order valence-corrected chi connectivity index (χ0v) is 14.3. The number of pyridine rings is 1. The zero-order valence-electron chi connectivity index (χ0n) is 11.2. The zero-order chi connectivity index (χ0) is 13.9. The Morgan fingerprint density at radius 3 is 3.10 bits per heavy atom. The molecular formula is C14H17BrClN3S. The van der Waals surface area contributed by atoms with E-state index in [1.807, 2.05) is 12.3 Å². The lowest BCUT2D eigenvalue weighted by atomic mass is 10.2. The minimum atomic E-state index is 0.600. The Morgan fingerprint density at radius 1 is 1.45 bits per heavy atom. The minimum absolute atomic E-state index is 0.600. The van der Waals surface area contributed by atoms with Crippen molar-refractivity contribution in [1.82, 2.24) is 14.5 Å². The molecule has 0 amide bonds. The van der Waals surface area contributed by atoms with Gasteiger partial charge in [-0.05, 0) is 40.6 Å². The number of aryl methyl sites for hydroxylation is 1. The standard InChI is InChI=1S/C14H17BrClN3S/c15-10-7-12-14(17-8-10)19(13(18-12)4-5-16)9-11-3-1-2-6-20-11/h7-8,11H,1-6,9H2. The Bertz CT molecular complexity index is 595. The molecule has 0 radical (unpaired) electrons. The normalized spacial score (nSPS) is 19.6. The predicted octanol–water partition coefficient (Wildman–Crippen LogP) is 4.26. The van der Waals surface area contributed by atoms with Gasteiger partial charge in [0.2, 0.25) is 0 Å². The topological polar surface area (TPSA) is 30.7 Å². The third-order valence-electron chi connectivity index (χ3n) is 3.61. The smallest absolute Gasteiger partial charge is 0.160 e. The number of hydrogen-bond donors (Lipinski definition) is 0. The summed E-state index contributed by atoms with van der Waals surface area (Å²) in [7, 11) is 0. The summed E-state index contributed by atoms with van der Waals surface area (Å²) < 4.78 is 3.24. The van der Waals surface area contributed by atoms with E-state index in [0.29, 0.717) is 11.1 Å². The molecular weight excluding hydrogens is 358 g/mol. The van der Waals surface area contributed by atoms with E-state index < -0.39 is 0 Å². The fourth-order valence-electron chi connectivity index (χ4n) is 2.66. The average Bonchev–Trinajstić information content (AvgIpc) is 2.77. The Balaban J connectivity index is 1.95. The van der Waals surface area contributed by atoms with Gasteiger partial charge in [-0.1, -0.05) is 6.42 Å². The number of halogens is 2. The highest BCUT2D eigenvalue weighted by Crippen LogP contribution is 2.28. The van der Waals surface area contributed by atoms with Crippen LogP contribution in [0.4, 0.5) is 0 Å². The van der Waals surface area contributed by atoms with Crippen LogP contribution < -0.4 is 0 Å². The summed E-state index contributed by atoms with van der Waals surface area (Å²) in [5, 5.41) is 0.681. The van der Waals surface area contributed by atoms with Crippen LogP contribution in [0, 0.1) is 0 Å². The summed E-state index contributed by atoms with van der Waals surface area (Å²) in [6, 6.07) is 2.03. The van der Waals surface area contributed by atoms with Crippen molar-refractivity contribution in [3.05, 3.63) is 22.6 Å². The lowest BCUT2D eigenvalue weighted by molar-refractivity contribution is 0.575. The molecule has 1 atom stereocenters. The van der Waals surface area contributed by atoms with Gasteiger partial charge in [0.1, 0.15) is 11.3 Å². The second-order valence-corrected chi connectivity index (χ2v) is 7.76. The van der Waals surface area contributed by atoms with E-state index in [2.05, 4.69) is 37.2 Å². The van der Waals surface area contributed by atoms with E-state index in [1.54, 1.807) is 0 Å². The second-order valence-electron chi connectivity index (χ2n) is 5.06. The lowest BCUT2D eigenvalue weighted by Gasteiger charge is -2.22. The molecule has 3 heterocycles. The first-order valence-electron chi connectivity index (χ1n) is 6.96. The maximum absolute atomic E-state index is 5.92. The van der Waals surface area contributed by atoms with Crippen LogP contribution in [0.25, 0.3) is 11.2 Å². The highest BCUT2D eigenvalue weighted by atomic mass is 79.9. The molecule has 2 aromatic rings. The Morgan fingerprint density at radius 2 is 2.35 bits per heavy atom. The highest BCUT2D eigenvalue weighted by Gasteiger charge is 2.19. The van der Waals surface area contributed by atoms with Gasteiger partial charge >= 0.3 is 0 Å². The molecule has 0 saturated carbocycles. The third kappa shape index (κ3) is 3.15. The predicted molar refractivity (Wildman–Crippen MR) is 89.7 cm³/mol. The van der Waals surface area contributed by atoms with Crippen LogP contribution in [0.2, 0.25) is 0 Å². The number of hydrogen-bond acceptors (Lipinski definition) is 3. The van der Waals surface area contributed by atoms with Gasteiger partial charge in [-0.3, -0.25) is 0 Å². The van der Waals surface area contributed by atoms with Gasteiger partial charge in [0, 0.05) is 34.8 Å². The molecule has 1 unspecified atom stereocenters. The molecule has 0 aromatic carbocycles. The summed E-state index contributed by atoms with van der Waals surface area (Å²) in [6.07, 6.45) is 6.63. The molecule has 1 aliphatic rings. The molecule has 20 heavy (non-hydrogen) atoms. The number of nitrogens with zero attached hydrogens (tertiary/aromatic N) is 3. The first-order valence-corrected chi connectivity index (χ1v) is 9.34. The van der Waals surface area contributed by atoms with Crippen molar-refractivity contribution in [2.45, 2.75) is 37.5 Å². The third-order valence-corrected chi connectivity index (χ3v) is 5.61. The number of rotatable bonds is 4. The molecule has 1 aliphatic heterocycles. The van der Waals surface area contributed by atoms with E-state index in [-0.39, 0.29) is 0 Å². The summed E-state index contributed by atoms with van der Waals surface area (Å²) in [6.45, 7) is 1.00. The Labute approximate surface area is 136 Å². The number of imidazole rings is 1. The molecule has 1 saturated heterocycles. The van der Waals surface area contributed by atoms with Crippen molar-refractivity contribution >= 4 is 50.5 Å². The fourth-order valence-corrected chi connectivity index (χ4v) is 4.44. The fraction of sp³-hybridized carbons (Fsp3) is 0.571. The summed E-state index contributed by atoms with van der Waals surface area (Å²) >= 11 is 11.5. The molecule has 0 N–H and O–H groups in total. The van der Waals surface area contributed by atoms with E-state index in [1.165, 1.54) is 25.0 Å². The summed E-state index contributed by atoms with van der Waals surface area (Å²) in [4.78, 5) is 9.26. The van der Waals surface area contributed by atoms with Crippen LogP contribution in [0.5, 0.6) is 0 Å². The minimum Gasteiger partial charge on any atom is -0.312 e. The van der Waals surface area contributed by atoms with Crippen molar-refractivity contribution in [3.8, 4) is 0 Å². The molecule has 6 heteroatoms. The maximum Gasteiger partial charge on any atom is 0.160 e. The molecule has 0 spiro atoms. The first-order chi connectivity index (χ1) is 9.78. The van der Waals surface area contributed by atoms with Crippen molar-refractivity contribution in [3.63, 3.8) is 0 Å². The van der Waals surface area contributed by atoms with Crippen molar-refractivity contribution in [2.75, 3.05) is 11.6 Å². The quantitative estimate of drug-likeness (QED) is 0.749. The molecule has 1 fully saturated rings. The van der Waals surface area contributed by atoms with Gasteiger partial charge < -0.3 is 4.57 Å². The van der Waals surface area contributed by atoms with Crippen molar-refractivity contribution < 1.29 is 0 Å². The van der Waals surface area contributed by atoms with Gasteiger partial charge in [-0.15, -0.1) is 11.6 Å². The number of alkyl halides is 1. The first kappa shape index (κ1) is 14.7. The Kier molecular flexibility index (Phi) is 4.89. The van der Waals surface area contributed by atoms with Crippen LogP contribution >= 0.6 is 39.3 Å². The van der Waals surface area contributed by atoms with Crippen LogP contribution in [-0.2, 0) is 13.0 Å². The molecule has 3 nitrogen and oxygen atoms in total. The van der Waals surface area contributed by atoms with E-state index >= 15 is 0 Å². The maximum atomic E-state index is 5.92. The van der Waals surface area contributed by atoms with Crippen LogP contribution in [0.3, 0.4) is 0 Å². The van der Waals surface area contributed by atoms with Crippen LogP contribution in [0.1, 0.15) is 25.1 Å². The van der Waals surface area contributed by atoms with Gasteiger partial charge in [0.15, 0.2) is 5.65 Å². The van der Waals surface area contributed by atoms with Crippen LogP contribution in [-0.4, -0.2) is 31.4 Å². The molecule has 3 rings (SSSR count). The number of thioether (sulfide) groups is 1. The van der Waals surface area contributed by atoms with E-state index in [0.717, 1.165) is 34.4 Å². The van der Waals surface area contributed by atoms with Crippen molar-refractivity contribution in [2.24, 2.45) is 0 Å². The Hall–Kier alpha value is -0.260. The number of fused-ring (bicyclic) bond motifs is 1. The summed E-state index contributed by atoms with van der Waals surface area (Å²) in [5.41, 5.74) is 1.94. The average molecular weight is 375 g/mol. The highest BCUT2D eigenvalue weighted by molar-refractivity contribution is 9.10. The molecule has 0 aliphatic carbocycles. The van der Waals surface area contributed by atoms with E-state index in [9.17, 15) is 0 Å². The number of aromatic nitrogens is 3. The monoisotopic (exact) mass is 373 g/mol. The van der Waals surface area contributed by atoms with Gasteiger partial charge in [0.05, 0.1) is 0 Å². The molecule has 108 valence electrons. The van der Waals surface area contributed by atoms with Crippen LogP contribution in [0.15, 0.2) is 16.7 Å². The largest absolute Gasteiger partial charge is 0.312 e. The van der Waals surface area contributed by atoms with Gasteiger partial charge in [0.25, 0.3) is 0 Å². The van der Waals surface area contributed by atoms with Gasteiger partial charge in [-0.25, -0.2) is 9.97 Å². The van der Waals surface area contributed by atoms with Gasteiger partial charge in [-0.2, -0.15) is 11.8 Å². The summed E-state index contributed by atoms with van der Waals surface area (Å²) in [5.74, 6) is 2.94. The molecule has 0 bridgehead atoms. The van der Waals surface area contributed by atoms with E-state index in [4.69, 9.17) is 16.6 Å². The SMILES string of the molecule is ClCCc1nc2cc(Br)cnc2n1CC1CCCCS1. The van der Waals surface area contributed by atoms with Crippen molar-refractivity contribution in [1.29, 1.82) is 0 Å². The second kappa shape index (κ2) is 6.67. The molecule has 2 aromatic heterocycles. The lowest BCUT2D eigenvalue weighted by Crippen LogP contribution is -2.19.